The summed E-state index contributed by atoms with van der Waals surface area (Å²) in [5.41, 5.74) is 0.195. The molecule has 5 amide bonds. The Labute approximate surface area is 125 Å². The first-order chi connectivity index (χ1) is 10.4. The van der Waals surface area contributed by atoms with E-state index in [4.69, 9.17) is 0 Å². The summed E-state index contributed by atoms with van der Waals surface area (Å²) in [6, 6.07) is 4.36. The molecule has 2 rings (SSSR count). The molecule has 1 fully saturated rings. The first-order valence-electron chi connectivity index (χ1n) is 6.66. The third kappa shape index (κ3) is 3.11. The van der Waals surface area contributed by atoms with Gasteiger partial charge >= 0.3 is 17.8 Å². The largest absolute Gasteiger partial charge is 0.334 e. The van der Waals surface area contributed by atoms with Crippen LogP contribution in [0.5, 0.6) is 0 Å². The molecule has 0 atom stereocenters. The lowest BCUT2D eigenvalue weighted by Crippen LogP contribution is -2.39. The number of carbonyl (C=O) groups excluding carboxylic acids is 4. The van der Waals surface area contributed by atoms with Crippen molar-refractivity contribution in [2.45, 2.75) is 13.3 Å². The van der Waals surface area contributed by atoms with Crippen molar-refractivity contribution in [2.75, 3.05) is 18.4 Å². The Balaban J connectivity index is 2.04. The highest BCUT2D eigenvalue weighted by Gasteiger charge is 2.44. The zero-order valence-corrected chi connectivity index (χ0v) is 11.8. The standard InChI is InChI=1S/C14H14FN3O4/c1-2-6-17-12(20)13(21)18(14(17)22)8-11(19)16-10-5-3-4-9(15)7-10/h3-5,7H,2,6,8H2,1H3,(H,16,19). The van der Waals surface area contributed by atoms with E-state index in [0.29, 0.717) is 11.3 Å². The fourth-order valence-electron chi connectivity index (χ4n) is 2.02. The summed E-state index contributed by atoms with van der Waals surface area (Å²) in [5, 5.41) is 2.36. The number of amides is 5. The van der Waals surface area contributed by atoms with Crippen LogP contribution in [0.4, 0.5) is 14.9 Å². The molecule has 1 aliphatic rings. The molecule has 1 heterocycles. The second-order valence-electron chi connectivity index (χ2n) is 4.69. The van der Waals surface area contributed by atoms with Crippen molar-refractivity contribution in [1.82, 2.24) is 9.80 Å². The van der Waals surface area contributed by atoms with Gasteiger partial charge in [-0.05, 0) is 24.6 Å². The van der Waals surface area contributed by atoms with Crippen molar-refractivity contribution < 1.29 is 23.6 Å². The van der Waals surface area contributed by atoms with Crippen LogP contribution >= 0.6 is 0 Å². The van der Waals surface area contributed by atoms with Gasteiger partial charge in [-0.1, -0.05) is 13.0 Å². The van der Waals surface area contributed by atoms with Crippen LogP contribution in [0.1, 0.15) is 13.3 Å². The van der Waals surface area contributed by atoms with E-state index in [1.807, 2.05) is 0 Å². The summed E-state index contributed by atoms with van der Waals surface area (Å²) >= 11 is 0. The number of nitrogens with one attached hydrogen (secondary N) is 1. The predicted octanol–water partition coefficient (Wildman–Crippen LogP) is 0.965. The van der Waals surface area contributed by atoms with Gasteiger partial charge in [0.2, 0.25) is 5.91 Å². The Morgan fingerprint density at radius 1 is 1.18 bits per heavy atom. The fraction of sp³-hybridized carbons (Fsp3) is 0.286. The fourth-order valence-corrected chi connectivity index (χ4v) is 2.02. The number of carbonyl (C=O) groups is 4. The molecule has 1 aromatic carbocycles. The summed E-state index contributed by atoms with van der Waals surface area (Å²) in [6.45, 7) is 1.27. The molecular formula is C14H14FN3O4. The van der Waals surface area contributed by atoms with Crippen molar-refractivity contribution in [3.8, 4) is 0 Å². The third-order valence-corrected chi connectivity index (χ3v) is 2.99. The van der Waals surface area contributed by atoms with Crippen LogP contribution in [0.15, 0.2) is 24.3 Å². The summed E-state index contributed by atoms with van der Waals surface area (Å²) in [7, 11) is 0. The van der Waals surface area contributed by atoms with E-state index in [1.54, 1.807) is 6.92 Å². The maximum atomic E-state index is 13.0. The Hall–Kier alpha value is -2.77. The Morgan fingerprint density at radius 2 is 1.86 bits per heavy atom. The summed E-state index contributed by atoms with van der Waals surface area (Å²) in [4.78, 5) is 48.5. The van der Waals surface area contributed by atoms with Crippen LogP contribution in [0, 0.1) is 5.82 Å². The van der Waals surface area contributed by atoms with E-state index in [1.165, 1.54) is 18.2 Å². The highest BCUT2D eigenvalue weighted by Crippen LogP contribution is 2.13. The Kier molecular flexibility index (Phi) is 4.50. The summed E-state index contributed by atoms with van der Waals surface area (Å²) in [5.74, 6) is -3.20. The molecule has 0 spiro atoms. The highest BCUT2D eigenvalue weighted by molar-refractivity contribution is 6.45. The number of urea groups is 1. The molecule has 1 saturated heterocycles. The highest BCUT2D eigenvalue weighted by atomic mass is 19.1. The van der Waals surface area contributed by atoms with Gasteiger partial charge in [-0.3, -0.25) is 19.3 Å². The molecule has 1 N–H and O–H groups in total. The number of imide groups is 2. The summed E-state index contributed by atoms with van der Waals surface area (Å²) < 4.78 is 13.0. The lowest BCUT2D eigenvalue weighted by molar-refractivity contribution is -0.143. The average molecular weight is 307 g/mol. The minimum absolute atomic E-state index is 0.116. The van der Waals surface area contributed by atoms with Crippen LogP contribution in [0.2, 0.25) is 0 Å². The molecule has 0 aromatic heterocycles. The SMILES string of the molecule is CCCN1C(=O)C(=O)N(CC(=O)Nc2cccc(F)c2)C1=O. The van der Waals surface area contributed by atoms with E-state index in [9.17, 15) is 23.6 Å². The van der Waals surface area contributed by atoms with E-state index >= 15 is 0 Å². The molecule has 0 unspecified atom stereocenters. The lowest BCUT2D eigenvalue weighted by atomic mass is 10.3. The minimum Gasteiger partial charge on any atom is -0.324 e. The first kappa shape index (κ1) is 15.6. The van der Waals surface area contributed by atoms with Gasteiger partial charge in [-0.25, -0.2) is 14.1 Å². The predicted molar refractivity (Wildman–Crippen MR) is 74.1 cm³/mol. The average Bonchev–Trinajstić information content (AvgIpc) is 2.65. The Morgan fingerprint density at radius 3 is 2.50 bits per heavy atom. The van der Waals surface area contributed by atoms with Crippen LogP contribution in [0.3, 0.4) is 0 Å². The zero-order valence-electron chi connectivity index (χ0n) is 11.8. The molecular weight excluding hydrogens is 293 g/mol. The number of anilines is 1. The molecule has 116 valence electrons. The summed E-state index contributed by atoms with van der Waals surface area (Å²) in [6.07, 6.45) is 0.508. The second-order valence-corrected chi connectivity index (χ2v) is 4.69. The maximum Gasteiger partial charge on any atom is 0.334 e. The minimum atomic E-state index is -1.03. The number of benzene rings is 1. The molecule has 22 heavy (non-hydrogen) atoms. The van der Waals surface area contributed by atoms with E-state index in [2.05, 4.69) is 5.32 Å². The Bertz CT molecular complexity index is 647. The normalized spacial score (nSPS) is 14.7. The number of rotatable bonds is 5. The van der Waals surface area contributed by atoms with Gasteiger partial charge in [0, 0.05) is 12.2 Å². The van der Waals surface area contributed by atoms with Crippen molar-refractivity contribution in [3.05, 3.63) is 30.1 Å². The van der Waals surface area contributed by atoms with Crippen molar-refractivity contribution in [3.63, 3.8) is 0 Å². The van der Waals surface area contributed by atoms with Gasteiger partial charge in [0.1, 0.15) is 12.4 Å². The van der Waals surface area contributed by atoms with E-state index in [0.717, 1.165) is 11.0 Å². The second kappa shape index (κ2) is 6.33. The van der Waals surface area contributed by atoms with Crippen molar-refractivity contribution in [2.24, 2.45) is 0 Å². The molecule has 0 saturated carbocycles. The zero-order chi connectivity index (χ0) is 16.3. The number of hydrogen-bond acceptors (Lipinski definition) is 4. The van der Waals surface area contributed by atoms with Gasteiger partial charge in [-0.2, -0.15) is 0 Å². The van der Waals surface area contributed by atoms with Crippen molar-refractivity contribution in [1.29, 1.82) is 0 Å². The smallest absolute Gasteiger partial charge is 0.324 e. The van der Waals surface area contributed by atoms with Crippen LogP contribution < -0.4 is 5.32 Å². The molecule has 0 aliphatic carbocycles. The quantitative estimate of drug-likeness (QED) is 0.648. The van der Waals surface area contributed by atoms with Gasteiger partial charge in [0.05, 0.1) is 0 Å². The lowest BCUT2D eigenvalue weighted by Gasteiger charge is -2.14. The molecule has 7 nitrogen and oxygen atoms in total. The molecule has 1 aliphatic heterocycles. The van der Waals surface area contributed by atoms with Gasteiger partial charge in [0.15, 0.2) is 0 Å². The maximum absolute atomic E-state index is 13.0. The first-order valence-corrected chi connectivity index (χ1v) is 6.66. The van der Waals surface area contributed by atoms with Crippen LogP contribution in [0.25, 0.3) is 0 Å². The van der Waals surface area contributed by atoms with Crippen LogP contribution in [-0.4, -0.2) is 46.6 Å². The molecule has 0 bridgehead atoms. The number of nitrogens with zero attached hydrogens (tertiary/aromatic N) is 2. The monoisotopic (exact) mass is 307 g/mol. The topological polar surface area (TPSA) is 86.8 Å². The van der Waals surface area contributed by atoms with Crippen molar-refractivity contribution >= 4 is 29.4 Å². The molecule has 1 aromatic rings. The van der Waals surface area contributed by atoms with E-state index < -0.39 is 36.1 Å². The molecule has 0 radical (unpaired) electrons. The molecule has 8 heteroatoms. The van der Waals surface area contributed by atoms with Gasteiger partial charge < -0.3 is 5.32 Å². The number of halogens is 1. The van der Waals surface area contributed by atoms with Crippen LogP contribution in [-0.2, 0) is 14.4 Å². The van der Waals surface area contributed by atoms with Gasteiger partial charge in [0.25, 0.3) is 0 Å². The van der Waals surface area contributed by atoms with Gasteiger partial charge in [-0.15, -0.1) is 0 Å². The third-order valence-electron chi connectivity index (χ3n) is 2.99. The number of hydrogen-bond donors (Lipinski definition) is 1. The van der Waals surface area contributed by atoms with E-state index in [-0.39, 0.29) is 12.2 Å².